The molecule has 0 aromatic rings. The molecule has 2 rings (SSSR count). The van der Waals surface area contributed by atoms with Gasteiger partial charge in [-0.05, 0) is 100 Å². The minimum atomic E-state index is -1.40. The molecule has 0 unspecified atom stereocenters. The van der Waals surface area contributed by atoms with E-state index in [0.29, 0.717) is 12.8 Å². The first kappa shape index (κ1) is 38.0. The van der Waals surface area contributed by atoms with Crippen LogP contribution in [0.5, 0.6) is 0 Å². The fourth-order valence-electron chi connectivity index (χ4n) is 6.98. The van der Waals surface area contributed by atoms with Gasteiger partial charge in [-0.25, -0.2) is 0 Å². The van der Waals surface area contributed by atoms with E-state index < -0.39 is 41.4 Å². The summed E-state index contributed by atoms with van der Waals surface area (Å²) in [6.07, 6.45) is 0.329. The maximum Gasteiger partial charge on any atom is 0.319 e. The molecular formula is C33H63N3O7. The molecule has 2 heterocycles. The number of ether oxygens (including phenoxy) is 4. The van der Waals surface area contributed by atoms with Crippen molar-refractivity contribution >= 4 is 11.8 Å². The number of rotatable bonds is 10. The van der Waals surface area contributed by atoms with Crippen molar-refractivity contribution in [3.63, 3.8) is 0 Å². The summed E-state index contributed by atoms with van der Waals surface area (Å²) in [4.78, 5) is 34.3. The molecule has 0 bridgehead atoms. The van der Waals surface area contributed by atoms with E-state index in [9.17, 15) is 14.7 Å². The molecule has 10 heteroatoms. The molecule has 0 radical (unpaired) electrons. The van der Waals surface area contributed by atoms with E-state index in [1.165, 1.54) is 0 Å². The SMILES string of the molecule is CCN(CC)CCC[C@H]1COC(=O)C(C)(C)C(=O)[C@H](C)[C@@H](O[C@@H]2O[C@H](C)C[C@H](N(C)C)[C@H]2O)[C@](C)(OC)C[C@@H](C)CN1C. The zero-order valence-corrected chi connectivity index (χ0v) is 29.2. The Morgan fingerprint density at radius 3 is 2.28 bits per heavy atom. The van der Waals surface area contributed by atoms with Crippen LogP contribution in [0.3, 0.4) is 0 Å². The number of carbonyl (C=O) groups excluding carboxylic acids is 2. The highest BCUT2D eigenvalue weighted by molar-refractivity contribution is 6.04. The lowest BCUT2D eigenvalue weighted by Crippen LogP contribution is -2.59. The molecular weight excluding hydrogens is 550 g/mol. The maximum atomic E-state index is 14.1. The fraction of sp³-hybridized carbons (Fsp3) is 0.939. The van der Waals surface area contributed by atoms with Crippen molar-refractivity contribution in [3.8, 4) is 0 Å². The predicted octanol–water partition coefficient (Wildman–Crippen LogP) is 3.44. The van der Waals surface area contributed by atoms with Gasteiger partial charge in [0.05, 0.1) is 17.8 Å². The Hall–Kier alpha value is -1.14. The topological polar surface area (TPSA) is 101 Å². The van der Waals surface area contributed by atoms with Crippen molar-refractivity contribution in [1.29, 1.82) is 0 Å². The van der Waals surface area contributed by atoms with E-state index >= 15 is 0 Å². The van der Waals surface area contributed by atoms with Crippen molar-refractivity contribution in [1.82, 2.24) is 14.7 Å². The predicted molar refractivity (Wildman–Crippen MR) is 169 cm³/mol. The van der Waals surface area contributed by atoms with Crippen LogP contribution in [0.4, 0.5) is 0 Å². The first-order valence-electron chi connectivity index (χ1n) is 16.4. The Labute approximate surface area is 261 Å². The number of hydrogen-bond acceptors (Lipinski definition) is 10. The third kappa shape index (κ3) is 9.67. The molecule has 2 saturated heterocycles. The van der Waals surface area contributed by atoms with Gasteiger partial charge >= 0.3 is 5.97 Å². The van der Waals surface area contributed by atoms with Gasteiger partial charge in [0.2, 0.25) is 0 Å². The summed E-state index contributed by atoms with van der Waals surface area (Å²) in [7, 11) is 7.58. The van der Waals surface area contributed by atoms with E-state index in [1.54, 1.807) is 27.9 Å². The second-order valence-electron chi connectivity index (χ2n) is 14.1. The van der Waals surface area contributed by atoms with Crippen LogP contribution in [0.25, 0.3) is 0 Å². The molecule has 0 saturated carbocycles. The standard InChI is InChI=1S/C33H63N3O7/c1-13-36(14-2)17-15-16-25-21-41-31(39)32(6,7)28(38)24(5)29(33(8,40-12)19-22(3)20-35(25)11)43-30-27(37)26(34(9)10)18-23(4)42-30/h22-27,29-30,37H,13-21H2,1-12H3/t22-,23-,24+,25+,26+,27-,29-,30+,33-/m1/s1. The number of ketones is 1. The van der Waals surface area contributed by atoms with Gasteiger partial charge in [-0.15, -0.1) is 0 Å². The van der Waals surface area contributed by atoms with Gasteiger partial charge in [-0.3, -0.25) is 14.5 Å². The maximum absolute atomic E-state index is 14.1. The second-order valence-corrected chi connectivity index (χ2v) is 14.1. The first-order valence-corrected chi connectivity index (χ1v) is 16.4. The van der Waals surface area contributed by atoms with E-state index in [-0.39, 0.29) is 36.5 Å². The van der Waals surface area contributed by atoms with Crippen LogP contribution in [0, 0.1) is 17.3 Å². The van der Waals surface area contributed by atoms with Gasteiger partial charge in [-0.1, -0.05) is 27.7 Å². The molecule has 0 amide bonds. The number of likely N-dealkylation sites (N-methyl/N-ethyl adjacent to an activating group) is 2. The van der Waals surface area contributed by atoms with Crippen molar-refractivity contribution in [3.05, 3.63) is 0 Å². The second kappa shape index (κ2) is 16.4. The zero-order chi connectivity index (χ0) is 32.7. The molecule has 2 aliphatic heterocycles. The number of carbonyl (C=O) groups is 2. The lowest BCUT2D eigenvalue weighted by atomic mass is 9.74. The fourth-order valence-corrected chi connectivity index (χ4v) is 6.98. The molecule has 1 N–H and O–H groups in total. The monoisotopic (exact) mass is 613 g/mol. The molecule has 2 aliphatic rings. The van der Waals surface area contributed by atoms with Gasteiger partial charge < -0.3 is 33.9 Å². The van der Waals surface area contributed by atoms with Crippen LogP contribution in [-0.2, 0) is 28.5 Å². The quantitative estimate of drug-likeness (QED) is 0.291. The zero-order valence-electron chi connectivity index (χ0n) is 29.2. The Morgan fingerprint density at radius 2 is 1.72 bits per heavy atom. The Kier molecular flexibility index (Phi) is 14.5. The summed E-state index contributed by atoms with van der Waals surface area (Å²) in [6.45, 7) is 19.5. The van der Waals surface area contributed by atoms with Crippen LogP contribution in [0.1, 0.15) is 81.1 Å². The van der Waals surface area contributed by atoms with Crippen molar-refractivity contribution in [2.24, 2.45) is 17.3 Å². The number of cyclic esters (lactones) is 1. The third-order valence-corrected chi connectivity index (χ3v) is 9.91. The highest BCUT2D eigenvalue weighted by Gasteiger charge is 2.51. The normalized spacial score (nSPS) is 37.1. The Balaban J connectivity index is 2.44. The molecule has 9 atom stereocenters. The molecule has 0 aliphatic carbocycles. The van der Waals surface area contributed by atoms with Crippen LogP contribution in [0.2, 0.25) is 0 Å². The number of hydrogen-bond donors (Lipinski definition) is 1. The van der Waals surface area contributed by atoms with Crippen LogP contribution >= 0.6 is 0 Å². The van der Waals surface area contributed by atoms with Gasteiger partial charge in [0.15, 0.2) is 12.1 Å². The smallest absolute Gasteiger partial charge is 0.319 e. The van der Waals surface area contributed by atoms with Crippen molar-refractivity contribution in [2.75, 3.05) is 61.0 Å². The Bertz CT molecular complexity index is 883. The number of Topliss-reactive ketones (excluding diaryl/α,β-unsaturated/α-hetero) is 1. The number of aliphatic hydroxyl groups is 1. The molecule has 0 aromatic carbocycles. The van der Waals surface area contributed by atoms with Gasteiger partial charge in [-0.2, -0.15) is 0 Å². The van der Waals surface area contributed by atoms with E-state index in [0.717, 1.165) is 39.0 Å². The van der Waals surface area contributed by atoms with Gasteiger partial charge in [0.25, 0.3) is 0 Å². The van der Waals surface area contributed by atoms with Gasteiger partial charge in [0, 0.05) is 31.7 Å². The molecule has 2 fully saturated rings. The van der Waals surface area contributed by atoms with E-state index in [1.807, 2.05) is 32.8 Å². The lowest BCUT2D eigenvalue weighted by molar-refractivity contribution is -0.295. The van der Waals surface area contributed by atoms with Gasteiger partial charge in [0.1, 0.15) is 18.1 Å². The summed E-state index contributed by atoms with van der Waals surface area (Å²) >= 11 is 0. The molecule has 0 aromatic heterocycles. The van der Waals surface area contributed by atoms with Crippen LogP contribution in [-0.4, -0.2) is 135 Å². The minimum Gasteiger partial charge on any atom is -0.463 e. The lowest BCUT2D eigenvalue weighted by Gasteiger charge is -2.47. The summed E-state index contributed by atoms with van der Waals surface area (Å²) < 4.78 is 24.9. The molecule has 10 nitrogen and oxygen atoms in total. The summed E-state index contributed by atoms with van der Waals surface area (Å²) in [5.41, 5.74) is -2.30. The third-order valence-electron chi connectivity index (χ3n) is 9.91. The largest absolute Gasteiger partial charge is 0.463 e. The number of methoxy groups -OCH3 is 1. The average Bonchev–Trinajstić information content (AvgIpc) is 2.95. The summed E-state index contributed by atoms with van der Waals surface area (Å²) in [5, 5.41) is 11.3. The molecule has 0 spiro atoms. The highest BCUT2D eigenvalue weighted by atomic mass is 16.7. The summed E-state index contributed by atoms with van der Waals surface area (Å²) in [6, 6.07) is -0.136. The van der Waals surface area contributed by atoms with Crippen LogP contribution < -0.4 is 0 Å². The minimum absolute atomic E-state index is 0.0297. The van der Waals surface area contributed by atoms with Crippen molar-refractivity contribution < 1.29 is 33.6 Å². The number of aliphatic hydroxyl groups excluding tert-OH is 1. The molecule has 43 heavy (non-hydrogen) atoms. The Morgan fingerprint density at radius 1 is 1.09 bits per heavy atom. The summed E-state index contributed by atoms with van der Waals surface area (Å²) in [5.74, 6) is -1.39. The number of esters is 1. The van der Waals surface area contributed by atoms with Crippen molar-refractivity contribution in [2.45, 2.75) is 123 Å². The molecule has 252 valence electrons. The van der Waals surface area contributed by atoms with E-state index in [4.69, 9.17) is 18.9 Å². The first-order chi connectivity index (χ1) is 20.0. The average molecular weight is 614 g/mol. The van der Waals surface area contributed by atoms with E-state index in [2.05, 4.69) is 37.6 Å². The van der Waals surface area contributed by atoms with Crippen LogP contribution in [0.15, 0.2) is 0 Å². The highest BCUT2D eigenvalue weighted by Crippen LogP contribution is 2.38. The number of nitrogens with zero attached hydrogens (tertiary/aromatic N) is 3.